The number of carbonyl (C=O) groups excluding carboxylic acids is 1. The monoisotopic (exact) mass is 296 g/mol. The predicted molar refractivity (Wildman–Crippen MR) is 83.2 cm³/mol. The second-order valence-electron chi connectivity index (χ2n) is 6.25. The first-order chi connectivity index (χ1) is 9.82. The maximum atomic E-state index is 11.6. The fraction of sp³-hybridized carbons (Fsp3) is 0.688. The van der Waals surface area contributed by atoms with E-state index < -0.39 is 0 Å². The third-order valence-corrected chi connectivity index (χ3v) is 3.50. The summed E-state index contributed by atoms with van der Waals surface area (Å²) in [4.78, 5) is 13.9. The number of furan rings is 1. The van der Waals surface area contributed by atoms with E-state index in [1.807, 2.05) is 0 Å². The van der Waals surface area contributed by atoms with E-state index >= 15 is 0 Å². The van der Waals surface area contributed by atoms with E-state index in [-0.39, 0.29) is 11.4 Å². The van der Waals surface area contributed by atoms with Crippen molar-refractivity contribution in [1.29, 1.82) is 0 Å². The molecule has 0 spiro atoms. The lowest BCUT2D eigenvalue weighted by molar-refractivity contribution is 0.0599. The highest BCUT2D eigenvalue weighted by atomic mass is 16.5. The van der Waals surface area contributed by atoms with E-state index in [4.69, 9.17) is 14.9 Å². The minimum atomic E-state index is -0.355. The molecule has 21 heavy (non-hydrogen) atoms. The molecule has 0 radical (unpaired) electrons. The molecular formula is C16H28N2O3. The fourth-order valence-corrected chi connectivity index (χ4v) is 2.35. The summed E-state index contributed by atoms with van der Waals surface area (Å²) in [6.45, 7) is 11.4. The maximum absolute atomic E-state index is 11.6. The molecular weight excluding hydrogens is 268 g/mol. The molecule has 0 saturated heterocycles. The maximum Gasteiger partial charge on any atom is 0.341 e. The predicted octanol–water partition coefficient (Wildman–Crippen LogP) is 2.57. The molecule has 0 bridgehead atoms. The van der Waals surface area contributed by atoms with Crippen molar-refractivity contribution in [3.8, 4) is 0 Å². The van der Waals surface area contributed by atoms with Gasteiger partial charge in [-0.3, -0.25) is 4.90 Å². The molecule has 1 heterocycles. The summed E-state index contributed by atoms with van der Waals surface area (Å²) >= 11 is 0. The van der Waals surface area contributed by atoms with Crippen LogP contribution in [-0.4, -0.2) is 37.6 Å². The number of nitrogens with zero attached hydrogens (tertiary/aromatic N) is 1. The van der Waals surface area contributed by atoms with Gasteiger partial charge in [0.15, 0.2) is 0 Å². The molecule has 1 rings (SSSR count). The fourth-order valence-electron chi connectivity index (χ4n) is 2.35. The van der Waals surface area contributed by atoms with Gasteiger partial charge in [0, 0.05) is 6.54 Å². The zero-order valence-electron chi connectivity index (χ0n) is 13.9. The van der Waals surface area contributed by atoms with Gasteiger partial charge < -0.3 is 14.9 Å². The van der Waals surface area contributed by atoms with Gasteiger partial charge in [-0.15, -0.1) is 0 Å². The number of aryl methyl sites for hydroxylation is 1. The lowest BCUT2D eigenvalue weighted by Crippen LogP contribution is -2.38. The Bertz CT molecular complexity index is 466. The molecule has 5 heteroatoms. The van der Waals surface area contributed by atoms with Crippen molar-refractivity contribution in [3.63, 3.8) is 0 Å². The Kier molecular flexibility index (Phi) is 6.42. The number of esters is 1. The van der Waals surface area contributed by atoms with Crippen LogP contribution in [0.25, 0.3) is 0 Å². The van der Waals surface area contributed by atoms with Crippen molar-refractivity contribution in [2.45, 2.75) is 40.7 Å². The minimum absolute atomic E-state index is 0.0575. The summed E-state index contributed by atoms with van der Waals surface area (Å²) in [5.74, 6) is 1.03. The summed E-state index contributed by atoms with van der Waals surface area (Å²) in [5.41, 5.74) is 6.38. The lowest BCUT2D eigenvalue weighted by atomic mass is 9.93. The number of hydrogen-bond acceptors (Lipinski definition) is 5. The second-order valence-corrected chi connectivity index (χ2v) is 6.25. The first-order valence-corrected chi connectivity index (χ1v) is 7.43. The third-order valence-electron chi connectivity index (χ3n) is 3.50. The molecule has 120 valence electrons. The highest BCUT2D eigenvalue weighted by Crippen LogP contribution is 2.20. The Morgan fingerprint density at radius 1 is 1.48 bits per heavy atom. The normalized spacial score (nSPS) is 12.0. The summed E-state index contributed by atoms with van der Waals surface area (Å²) in [6, 6.07) is 1.78. The summed E-state index contributed by atoms with van der Waals surface area (Å²) in [5, 5.41) is 0. The SMILES string of the molecule is CCCN(Cc1cc(C(=O)OC)c(C)o1)CC(C)(C)CN. The average Bonchev–Trinajstić information content (AvgIpc) is 2.78. The van der Waals surface area contributed by atoms with Gasteiger partial charge in [-0.05, 0) is 37.9 Å². The van der Waals surface area contributed by atoms with Crippen molar-refractivity contribution >= 4 is 5.97 Å². The van der Waals surface area contributed by atoms with Crippen LogP contribution in [0.1, 0.15) is 49.1 Å². The molecule has 0 saturated carbocycles. The van der Waals surface area contributed by atoms with Gasteiger partial charge in [-0.1, -0.05) is 20.8 Å². The number of carbonyl (C=O) groups is 1. The quantitative estimate of drug-likeness (QED) is 0.747. The molecule has 0 aliphatic heterocycles. The van der Waals surface area contributed by atoms with Gasteiger partial charge in [0.05, 0.1) is 13.7 Å². The largest absolute Gasteiger partial charge is 0.465 e. The van der Waals surface area contributed by atoms with Gasteiger partial charge in [0.2, 0.25) is 0 Å². The van der Waals surface area contributed by atoms with Gasteiger partial charge >= 0.3 is 5.97 Å². The number of methoxy groups -OCH3 is 1. The molecule has 0 aliphatic carbocycles. The molecule has 1 aromatic rings. The van der Waals surface area contributed by atoms with E-state index in [1.165, 1.54) is 7.11 Å². The summed E-state index contributed by atoms with van der Waals surface area (Å²) in [7, 11) is 1.38. The summed E-state index contributed by atoms with van der Waals surface area (Å²) in [6.07, 6.45) is 1.06. The van der Waals surface area contributed by atoms with Crippen molar-refractivity contribution in [3.05, 3.63) is 23.2 Å². The van der Waals surface area contributed by atoms with Gasteiger partial charge in [-0.25, -0.2) is 4.79 Å². The average molecular weight is 296 g/mol. The Labute approximate surface area is 127 Å². The molecule has 0 fully saturated rings. The molecule has 0 aromatic carbocycles. The molecule has 1 aromatic heterocycles. The van der Waals surface area contributed by atoms with E-state index in [0.717, 1.165) is 25.3 Å². The topological polar surface area (TPSA) is 68.7 Å². The molecule has 0 aliphatic rings. The van der Waals surface area contributed by atoms with Crippen LogP contribution in [0.2, 0.25) is 0 Å². The first kappa shape index (κ1) is 17.7. The van der Waals surface area contributed by atoms with Gasteiger partial charge in [-0.2, -0.15) is 0 Å². The van der Waals surface area contributed by atoms with Crippen LogP contribution in [0, 0.1) is 12.3 Å². The number of nitrogens with two attached hydrogens (primary N) is 1. The van der Waals surface area contributed by atoms with Crippen LogP contribution in [-0.2, 0) is 11.3 Å². The molecule has 0 unspecified atom stereocenters. The second kappa shape index (κ2) is 7.61. The number of ether oxygens (including phenoxy) is 1. The highest BCUT2D eigenvalue weighted by molar-refractivity contribution is 5.90. The van der Waals surface area contributed by atoms with Crippen LogP contribution in [0.15, 0.2) is 10.5 Å². The smallest absolute Gasteiger partial charge is 0.341 e. The van der Waals surface area contributed by atoms with E-state index in [1.54, 1.807) is 13.0 Å². The van der Waals surface area contributed by atoms with E-state index in [2.05, 4.69) is 25.7 Å². The van der Waals surface area contributed by atoms with E-state index in [9.17, 15) is 4.79 Å². The van der Waals surface area contributed by atoms with Crippen LogP contribution < -0.4 is 5.73 Å². The number of rotatable bonds is 8. The minimum Gasteiger partial charge on any atom is -0.465 e. The Morgan fingerprint density at radius 2 is 2.14 bits per heavy atom. The lowest BCUT2D eigenvalue weighted by Gasteiger charge is -2.31. The number of hydrogen-bond donors (Lipinski definition) is 1. The van der Waals surface area contributed by atoms with Crippen molar-refractivity contribution in [1.82, 2.24) is 4.90 Å². The van der Waals surface area contributed by atoms with Gasteiger partial charge in [0.25, 0.3) is 0 Å². The highest BCUT2D eigenvalue weighted by Gasteiger charge is 2.22. The standard InChI is InChI=1S/C16H28N2O3/c1-6-7-18(11-16(3,4)10-17)9-13-8-14(12(2)21-13)15(19)20-5/h8H,6-7,9-11,17H2,1-5H3. The first-order valence-electron chi connectivity index (χ1n) is 7.43. The molecule has 0 atom stereocenters. The van der Waals surface area contributed by atoms with Crippen molar-refractivity contribution < 1.29 is 13.9 Å². The van der Waals surface area contributed by atoms with Crippen LogP contribution in [0.4, 0.5) is 0 Å². The van der Waals surface area contributed by atoms with E-state index in [0.29, 0.717) is 24.4 Å². The van der Waals surface area contributed by atoms with Gasteiger partial charge in [0.1, 0.15) is 17.1 Å². The van der Waals surface area contributed by atoms with Crippen LogP contribution >= 0.6 is 0 Å². The van der Waals surface area contributed by atoms with Crippen molar-refractivity contribution in [2.75, 3.05) is 26.7 Å². The molecule has 5 nitrogen and oxygen atoms in total. The Morgan fingerprint density at radius 3 is 2.67 bits per heavy atom. The van der Waals surface area contributed by atoms with Crippen LogP contribution in [0.5, 0.6) is 0 Å². The molecule has 2 N–H and O–H groups in total. The molecule has 0 amide bonds. The Balaban J connectivity index is 2.82. The van der Waals surface area contributed by atoms with Crippen LogP contribution in [0.3, 0.4) is 0 Å². The van der Waals surface area contributed by atoms with Crippen molar-refractivity contribution in [2.24, 2.45) is 11.1 Å². The zero-order chi connectivity index (χ0) is 16.0. The third kappa shape index (κ3) is 5.17. The Hall–Kier alpha value is -1.33. The summed E-state index contributed by atoms with van der Waals surface area (Å²) < 4.78 is 10.4. The zero-order valence-corrected chi connectivity index (χ0v) is 13.9.